The highest BCUT2D eigenvalue weighted by molar-refractivity contribution is 5.89. The summed E-state index contributed by atoms with van der Waals surface area (Å²) in [6.07, 6.45) is 0. The smallest absolute Gasteiger partial charge is 0.316 e. The van der Waals surface area contributed by atoms with Gasteiger partial charge in [0.15, 0.2) is 0 Å². The largest absolute Gasteiger partial charge is 0.495 e. The minimum atomic E-state index is -0.592. The quantitative estimate of drug-likeness (QED) is 0.800. The summed E-state index contributed by atoms with van der Waals surface area (Å²) in [5.74, 6) is 1.04. The number of primary amides is 1. The lowest BCUT2D eigenvalue weighted by atomic mass is 10.0. The van der Waals surface area contributed by atoms with Crippen LogP contribution in [0.2, 0.25) is 0 Å². The summed E-state index contributed by atoms with van der Waals surface area (Å²) in [6, 6.07) is 5.04. The Morgan fingerprint density at radius 1 is 1.47 bits per heavy atom. The number of hydrogen-bond donors (Lipinski definition) is 2. The molecule has 0 spiro atoms. The predicted molar refractivity (Wildman–Crippen MR) is 60.3 cm³/mol. The molecule has 82 valence electrons. The summed E-state index contributed by atoms with van der Waals surface area (Å²) in [6.45, 7) is 4.19. The van der Waals surface area contributed by atoms with Gasteiger partial charge in [0.2, 0.25) is 0 Å². The van der Waals surface area contributed by atoms with Crippen molar-refractivity contribution in [3.8, 4) is 5.75 Å². The Balaban J connectivity index is 3.03. The summed E-state index contributed by atoms with van der Waals surface area (Å²) >= 11 is 0. The fourth-order valence-corrected chi connectivity index (χ4v) is 1.30. The first kappa shape index (κ1) is 11.4. The molecule has 15 heavy (non-hydrogen) atoms. The molecule has 0 atom stereocenters. The van der Waals surface area contributed by atoms with Crippen molar-refractivity contribution in [2.24, 2.45) is 5.73 Å². The Morgan fingerprint density at radius 2 is 2.13 bits per heavy atom. The van der Waals surface area contributed by atoms with Gasteiger partial charge in [0.05, 0.1) is 12.8 Å². The third-order valence-electron chi connectivity index (χ3n) is 2.15. The third-order valence-corrected chi connectivity index (χ3v) is 2.15. The zero-order valence-corrected chi connectivity index (χ0v) is 9.20. The Hall–Kier alpha value is -1.71. The molecule has 0 radical (unpaired) electrons. The van der Waals surface area contributed by atoms with E-state index in [0.717, 1.165) is 5.56 Å². The Morgan fingerprint density at radius 3 is 2.60 bits per heavy atom. The molecule has 1 rings (SSSR count). The molecule has 3 N–H and O–H groups in total. The molecule has 1 aromatic rings. The van der Waals surface area contributed by atoms with Crippen molar-refractivity contribution in [2.45, 2.75) is 19.8 Å². The van der Waals surface area contributed by atoms with E-state index in [2.05, 4.69) is 19.2 Å². The number of amides is 2. The number of carbonyl (C=O) groups excluding carboxylic acids is 1. The maximum Gasteiger partial charge on any atom is 0.316 e. The Bertz CT molecular complexity index is 362. The SMILES string of the molecule is COc1cc(C(C)C)ccc1NC(N)=O. The van der Waals surface area contributed by atoms with E-state index in [4.69, 9.17) is 10.5 Å². The topological polar surface area (TPSA) is 64.3 Å². The van der Waals surface area contributed by atoms with Crippen molar-refractivity contribution in [2.75, 3.05) is 12.4 Å². The van der Waals surface area contributed by atoms with Crippen LogP contribution in [0.15, 0.2) is 18.2 Å². The van der Waals surface area contributed by atoms with Crippen molar-refractivity contribution >= 4 is 11.7 Å². The molecular weight excluding hydrogens is 192 g/mol. The van der Waals surface area contributed by atoms with E-state index in [9.17, 15) is 4.79 Å². The summed E-state index contributed by atoms with van der Waals surface area (Å²) < 4.78 is 5.17. The molecule has 4 nitrogen and oxygen atoms in total. The average molecular weight is 208 g/mol. The van der Waals surface area contributed by atoms with Crippen LogP contribution in [0.1, 0.15) is 25.3 Å². The molecule has 0 heterocycles. The number of ether oxygens (including phenoxy) is 1. The van der Waals surface area contributed by atoms with Gasteiger partial charge in [-0.15, -0.1) is 0 Å². The van der Waals surface area contributed by atoms with Crippen LogP contribution >= 0.6 is 0 Å². The van der Waals surface area contributed by atoms with Crippen LogP contribution in [0.5, 0.6) is 5.75 Å². The molecule has 0 bridgehead atoms. The monoisotopic (exact) mass is 208 g/mol. The number of nitrogens with one attached hydrogen (secondary N) is 1. The first-order chi connectivity index (χ1) is 7.04. The second kappa shape index (κ2) is 4.68. The number of anilines is 1. The van der Waals surface area contributed by atoms with E-state index >= 15 is 0 Å². The molecule has 0 aliphatic carbocycles. The number of hydrogen-bond acceptors (Lipinski definition) is 2. The van der Waals surface area contributed by atoms with Gasteiger partial charge >= 0.3 is 6.03 Å². The molecule has 4 heteroatoms. The highest BCUT2D eigenvalue weighted by Crippen LogP contribution is 2.28. The molecule has 0 aromatic heterocycles. The zero-order valence-electron chi connectivity index (χ0n) is 9.20. The van der Waals surface area contributed by atoms with Crippen LogP contribution in [0.25, 0.3) is 0 Å². The lowest BCUT2D eigenvalue weighted by molar-refractivity contribution is 0.259. The van der Waals surface area contributed by atoms with Crippen LogP contribution in [0, 0.1) is 0 Å². The van der Waals surface area contributed by atoms with Crippen LogP contribution in [0.3, 0.4) is 0 Å². The standard InChI is InChI=1S/C11H16N2O2/c1-7(2)8-4-5-9(13-11(12)14)10(6-8)15-3/h4-7H,1-3H3,(H3,12,13,14). The molecular formula is C11H16N2O2. The van der Waals surface area contributed by atoms with E-state index in [1.165, 1.54) is 0 Å². The molecule has 0 aliphatic rings. The molecule has 2 amide bonds. The minimum Gasteiger partial charge on any atom is -0.495 e. The van der Waals surface area contributed by atoms with Gasteiger partial charge in [0, 0.05) is 0 Å². The number of benzene rings is 1. The fraction of sp³-hybridized carbons (Fsp3) is 0.364. The normalized spacial score (nSPS) is 10.1. The Labute approximate surface area is 89.4 Å². The molecule has 1 aromatic carbocycles. The lowest BCUT2D eigenvalue weighted by Crippen LogP contribution is -2.19. The molecule has 0 aliphatic heterocycles. The van der Waals surface area contributed by atoms with E-state index in [-0.39, 0.29) is 0 Å². The van der Waals surface area contributed by atoms with Crippen LogP contribution in [0.4, 0.5) is 10.5 Å². The fourth-order valence-electron chi connectivity index (χ4n) is 1.30. The second-order valence-electron chi connectivity index (χ2n) is 3.60. The Kier molecular flexibility index (Phi) is 3.55. The van der Waals surface area contributed by atoms with Gasteiger partial charge in [-0.3, -0.25) is 0 Å². The highest BCUT2D eigenvalue weighted by Gasteiger charge is 2.07. The van der Waals surface area contributed by atoms with Crippen LogP contribution in [-0.2, 0) is 0 Å². The molecule has 0 saturated carbocycles. The van der Waals surface area contributed by atoms with Gasteiger partial charge in [0.1, 0.15) is 5.75 Å². The van der Waals surface area contributed by atoms with Gasteiger partial charge < -0.3 is 15.8 Å². The minimum absolute atomic E-state index is 0.418. The maximum atomic E-state index is 10.7. The van der Waals surface area contributed by atoms with Gasteiger partial charge in [-0.05, 0) is 23.6 Å². The number of methoxy groups -OCH3 is 1. The lowest BCUT2D eigenvalue weighted by Gasteiger charge is -2.12. The predicted octanol–water partition coefficient (Wildman–Crippen LogP) is 2.31. The number of urea groups is 1. The highest BCUT2D eigenvalue weighted by atomic mass is 16.5. The zero-order chi connectivity index (χ0) is 11.4. The maximum absolute atomic E-state index is 10.7. The molecule has 0 saturated heterocycles. The van der Waals surface area contributed by atoms with Gasteiger partial charge in [0.25, 0.3) is 0 Å². The number of carbonyl (C=O) groups is 1. The molecule has 0 fully saturated rings. The third kappa shape index (κ3) is 2.87. The molecule has 0 unspecified atom stereocenters. The van der Waals surface area contributed by atoms with Gasteiger partial charge in [-0.1, -0.05) is 19.9 Å². The second-order valence-corrected chi connectivity index (χ2v) is 3.60. The van der Waals surface area contributed by atoms with E-state index < -0.39 is 6.03 Å². The van der Waals surface area contributed by atoms with Crippen molar-refractivity contribution in [3.63, 3.8) is 0 Å². The van der Waals surface area contributed by atoms with E-state index in [0.29, 0.717) is 17.4 Å². The summed E-state index contributed by atoms with van der Waals surface area (Å²) in [4.78, 5) is 10.7. The van der Waals surface area contributed by atoms with Crippen molar-refractivity contribution < 1.29 is 9.53 Å². The summed E-state index contributed by atoms with van der Waals surface area (Å²) in [5, 5.41) is 2.50. The number of nitrogens with two attached hydrogens (primary N) is 1. The van der Waals surface area contributed by atoms with Crippen LogP contribution < -0.4 is 15.8 Å². The van der Waals surface area contributed by atoms with Crippen molar-refractivity contribution in [1.82, 2.24) is 0 Å². The van der Waals surface area contributed by atoms with Crippen molar-refractivity contribution in [3.05, 3.63) is 23.8 Å². The van der Waals surface area contributed by atoms with Crippen LogP contribution in [-0.4, -0.2) is 13.1 Å². The first-order valence-corrected chi connectivity index (χ1v) is 4.79. The van der Waals surface area contributed by atoms with Crippen molar-refractivity contribution in [1.29, 1.82) is 0 Å². The van der Waals surface area contributed by atoms with Gasteiger partial charge in [-0.2, -0.15) is 0 Å². The average Bonchev–Trinajstić information content (AvgIpc) is 2.17. The van der Waals surface area contributed by atoms with Gasteiger partial charge in [-0.25, -0.2) is 4.79 Å². The first-order valence-electron chi connectivity index (χ1n) is 4.79. The summed E-state index contributed by atoms with van der Waals surface area (Å²) in [5.41, 5.74) is 6.79. The van der Waals surface area contributed by atoms with E-state index in [1.54, 1.807) is 13.2 Å². The number of rotatable bonds is 3. The summed E-state index contributed by atoms with van der Waals surface area (Å²) in [7, 11) is 1.56. The van der Waals surface area contributed by atoms with E-state index in [1.807, 2.05) is 12.1 Å².